The number of urea groups is 1. The second-order valence-corrected chi connectivity index (χ2v) is 7.03. The highest BCUT2D eigenvalue weighted by molar-refractivity contribution is 6.42. The first kappa shape index (κ1) is 21.4. The van der Waals surface area contributed by atoms with Crippen molar-refractivity contribution in [2.24, 2.45) is 0 Å². The van der Waals surface area contributed by atoms with E-state index < -0.39 is 29.9 Å². The van der Waals surface area contributed by atoms with Gasteiger partial charge in [-0.15, -0.1) is 0 Å². The SMILES string of the molecule is C[C@H](Oc1ccccc1/C=C1\C(=O)NC(=O)N(c2ccc(Cl)cc2Cl)C1=O)C(=O)O. The van der Waals surface area contributed by atoms with Crippen molar-refractivity contribution in [3.8, 4) is 5.75 Å². The van der Waals surface area contributed by atoms with E-state index in [1.165, 1.54) is 43.3 Å². The zero-order valence-electron chi connectivity index (χ0n) is 15.4. The first-order valence-corrected chi connectivity index (χ1v) is 9.29. The third-order valence-corrected chi connectivity index (χ3v) is 4.66. The van der Waals surface area contributed by atoms with Crippen LogP contribution in [0.2, 0.25) is 10.0 Å². The molecule has 2 aromatic carbocycles. The summed E-state index contributed by atoms with van der Waals surface area (Å²) in [6.07, 6.45) is 0.0524. The van der Waals surface area contributed by atoms with Crippen molar-refractivity contribution in [3.05, 3.63) is 63.6 Å². The molecule has 0 spiro atoms. The molecular weight excluding hydrogens is 435 g/mol. The van der Waals surface area contributed by atoms with Crippen LogP contribution in [0.3, 0.4) is 0 Å². The van der Waals surface area contributed by atoms with Gasteiger partial charge in [0.2, 0.25) is 0 Å². The minimum atomic E-state index is -1.18. The number of carbonyl (C=O) groups is 4. The van der Waals surface area contributed by atoms with E-state index in [2.05, 4.69) is 5.32 Å². The Bertz CT molecular complexity index is 1100. The number of ether oxygens (including phenoxy) is 1. The molecule has 4 amide bonds. The van der Waals surface area contributed by atoms with E-state index in [0.29, 0.717) is 5.02 Å². The van der Waals surface area contributed by atoms with Gasteiger partial charge in [0, 0.05) is 10.6 Å². The van der Waals surface area contributed by atoms with Crippen LogP contribution >= 0.6 is 23.2 Å². The number of carboxylic acids is 1. The lowest BCUT2D eigenvalue weighted by Crippen LogP contribution is -2.54. The van der Waals surface area contributed by atoms with Gasteiger partial charge in [-0.25, -0.2) is 14.5 Å². The Labute approximate surface area is 180 Å². The van der Waals surface area contributed by atoms with Crippen LogP contribution in [0, 0.1) is 0 Å². The summed E-state index contributed by atoms with van der Waals surface area (Å²) in [5.74, 6) is -2.85. The Balaban J connectivity index is 2.03. The van der Waals surface area contributed by atoms with E-state index in [1.54, 1.807) is 12.1 Å². The lowest BCUT2D eigenvalue weighted by molar-refractivity contribution is -0.144. The minimum Gasteiger partial charge on any atom is -0.479 e. The third-order valence-electron chi connectivity index (χ3n) is 4.12. The number of aliphatic carboxylic acids is 1. The zero-order valence-corrected chi connectivity index (χ0v) is 16.9. The van der Waals surface area contributed by atoms with E-state index >= 15 is 0 Å². The maximum atomic E-state index is 13.0. The van der Waals surface area contributed by atoms with E-state index in [4.69, 9.17) is 33.0 Å². The van der Waals surface area contributed by atoms with Crippen molar-refractivity contribution < 1.29 is 29.0 Å². The van der Waals surface area contributed by atoms with E-state index in [-0.39, 0.29) is 27.6 Å². The van der Waals surface area contributed by atoms with Crippen LogP contribution in [0.4, 0.5) is 10.5 Å². The molecule has 0 bridgehead atoms. The van der Waals surface area contributed by atoms with Crippen LogP contribution in [-0.4, -0.2) is 35.0 Å². The molecule has 2 aromatic rings. The molecule has 0 aromatic heterocycles. The van der Waals surface area contributed by atoms with Crippen molar-refractivity contribution in [3.63, 3.8) is 0 Å². The number of carbonyl (C=O) groups excluding carboxylic acids is 3. The van der Waals surface area contributed by atoms with Gasteiger partial charge in [-0.3, -0.25) is 14.9 Å². The number of amides is 4. The van der Waals surface area contributed by atoms with Crippen molar-refractivity contribution >= 4 is 58.8 Å². The molecule has 3 rings (SSSR count). The van der Waals surface area contributed by atoms with Crippen LogP contribution in [0.1, 0.15) is 12.5 Å². The van der Waals surface area contributed by atoms with E-state index in [9.17, 15) is 19.2 Å². The number of anilines is 1. The number of benzene rings is 2. The fourth-order valence-electron chi connectivity index (χ4n) is 2.64. The average molecular weight is 449 g/mol. The number of carboxylic acid groups (broad SMARTS) is 1. The standard InChI is InChI=1S/C20H14Cl2N2O6/c1-10(19(27)28)30-16-5-3-2-4-11(16)8-13-17(25)23-20(29)24(18(13)26)15-7-6-12(21)9-14(15)22/h2-10H,1H3,(H,27,28)(H,23,25,29)/b13-8+/t10-/m0/s1. The van der Waals surface area contributed by atoms with Crippen LogP contribution < -0.4 is 15.0 Å². The summed E-state index contributed by atoms with van der Waals surface area (Å²) in [5, 5.41) is 11.5. The first-order valence-electron chi connectivity index (χ1n) is 8.54. The Kier molecular flexibility index (Phi) is 6.09. The predicted octanol–water partition coefficient (Wildman–Crippen LogP) is 3.51. The van der Waals surface area contributed by atoms with E-state index in [1.807, 2.05) is 0 Å². The third kappa shape index (κ3) is 4.29. The van der Waals surface area contributed by atoms with Crippen LogP contribution in [0.15, 0.2) is 48.0 Å². The first-order chi connectivity index (χ1) is 14.2. The van der Waals surface area contributed by atoms with Gasteiger partial charge in [0.25, 0.3) is 11.8 Å². The summed E-state index contributed by atoms with van der Waals surface area (Å²) < 4.78 is 5.38. The normalized spacial score (nSPS) is 16.4. The molecule has 0 unspecified atom stereocenters. The van der Waals surface area contributed by atoms with Gasteiger partial charge in [0.1, 0.15) is 11.3 Å². The summed E-state index contributed by atoms with van der Waals surface area (Å²) in [6, 6.07) is 9.47. The fourth-order valence-corrected chi connectivity index (χ4v) is 3.14. The lowest BCUT2D eigenvalue weighted by Gasteiger charge is -2.27. The number of hydrogen-bond donors (Lipinski definition) is 2. The van der Waals surface area contributed by atoms with Gasteiger partial charge in [-0.2, -0.15) is 0 Å². The smallest absolute Gasteiger partial charge is 0.344 e. The van der Waals surface area contributed by atoms with Gasteiger partial charge in [-0.05, 0) is 37.3 Å². The largest absolute Gasteiger partial charge is 0.479 e. The van der Waals surface area contributed by atoms with Crippen LogP contribution in [0.25, 0.3) is 6.08 Å². The molecule has 154 valence electrons. The second-order valence-electron chi connectivity index (χ2n) is 6.19. The lowest BCUT2D eigenvalue weighted by atomic mass is 10.1. The van der Waals surface area contributed by atoms with Crippen molar-refractivity contribution in [2.45, 2.75) is 13.0 Å². The molecule has 0 aliphatic carbocycles. The average Bonchev–Trinajstić information content (AvgIpc) is 2.67. The zero-order chi connectivity index (χ0) is 22.0. The summed E-state index contributed by atoms with van der Waals surface area (Å²) in [4.78, 5) is 49.4. The maximum Gasteiger partial charge on any atom is 0.344 e. The molecule has 0 radical (unpaired) electrons. The number of barbiturate groups is 1. The molecule has 1 fully saturated rings. The summed E-state index contributed by atoms with van der Waals surface area (Å²) in [6.45, 7) is 1.34. The summed E-state index contributed by atoms with van der Waals surface area (Å²) in [7, 11) is 0. The number of halogens is 2. The monoisotopic (exact) mass is 448 g/mol. The Morgan fingerprint density at radius 2 is 1.87 bits per heavy atom. The number of rotatable bonds is 5. The molecule has 0 saturated carbocycles. The molecule has 1 aliphatic rings. The molecule has 1 atom stereocenters. The van der Waals surface area contributed by atoms with Gasteiger partial charge >= 0.3 is 12.0 Å². The van der Waals surface area contributed by atoms with Crippen molar-refractivity contribution in [2.75, 3.05) is 4.90 Å². The molecule has 2 N–H and O–H groups in total. The Morgan fingerprint density at radius 1 is 1.17 bits per heavy atom. The molecular formula is C20H14Cl2N2O6. The fraction of sp³-hybridized carbons (Fsp3) is 0.100. The van der Waals surface area contributed by atoms with Gasteiger partial charge in [-0.1, -0.05) is 41.4 Å². The highest BCUT2D eigenvalue weighted by atomic mass is 35.5. The molecule has 1 heterocycles. The topological polar surface area (TPSA) is 113 Å². The number of para-hydroxylation sites is 1. The number of nitrogens with zero attached hydrogens (tertiary/aromatic N) is 1. The minimum absolute atomic E-state index is 0.0405. The second kappa shape index (κ2) is 8.56. The highest BCUT2D eigenvalue weighted by Gasteiger charge is 2.38. The van der Waals surface area contributed by atoms with Crippen LogP contribution in [-0.2, 0) is 14.4 Å². The number of imide groups is 2. The molecule has 1 saturated heterocycles. The summed E-state index contributed by atoms with van der Waals surface area (Å²) in [5.41, 5.74) is -0.0359. The van der Waals surface area contributed by atoms with E-state index in [0.717, 1.165) is 4.90 Å². The highest BCUT2D eigenvalue weighted by Crippen LogP contribution is 2.32. The molecule has 1 aliphatic heterocycles. The molecule has 10 heteroatoms. The molecule has 8 nitrogen and oxygen atoms in total. The maximum absolute atomic E-state index is 13.0. The Morgan fingerprint density at radius 3 is 2.53 bits per heavy atom. The Hall–Kier alpha value is -3.36. The van der Waals surface area contributed by atoms with Gasteiger partial charge in [0.05, 0.1) is 10.7 Å². The van der Waals surface area contributed by atoms with Gasteiger partial charge < -0.3 is 9.84 Å². The predicted molar refractivity (Wildman–Crippen MR) is 110 cm³/mol. The van der Waals surface area contributed by atoms with Crippen molar-refractivity contribution in [1.82, 2.24) is 5.32 Å². The number of hydrogen-bond acceptors (Lipinski definition) is 5. The summed E-state index contributed by atoms with van der Waals surface area (Å²) >= 11 is 12.0. The van der Waals surface area contributed by atoms with Gasteiger partial charge in [0.15, 0.2) is 6.10 Å². The molecule has 30 heavy (non-hydrogen) atoms. The number of nitrogens with one attached hydrogen (secondary N) is 1. The van der Waals surface area contributed by atoms with Crippen LogP contribution in [0.5, 0.6) is 5.75 Å². The van der Waals surface area contributed by atoms with Crippen molar-refractivity contribution in [1.29, 1.82) is 0 Å². The quantitative estimate of drug-likeness (QED) is 0.534.